The molecular weight excluding hydrogens is 186 g/mol. The Morgan fingerprint density at radius 3 is 3.00 bits per heavy atom. The molecule has 0 saturated heterocycles. The van der Waals surface area contributed by atoms with Gasteiger partial charge in [-0.25, -0.2) is 0 Å². The van der Waals surface area contributed by atoms with E-state index in [9.17, 15) is 4.79 Å². The highest BCUT2D eigenvalue weighted by atomic mass is 16.1. The lowest BCUT2D eigenvalue weighted by Gasteiger charge is -2.41. The molecule has 0 amide bonds. The number of nitrogens with zero attached hydrogens (tertiary/aromatic N) is 1. The lowest BCUT2D eigenvalue weighted by molar-refractivity contribution is -0.116. The second-order valence-corrected chi connectivity index (χ2v) is 4.70. The van der Waals surface area contributed by atoms with E-state index in [0.29, 0.717) is 6.42 Å². The van der Waals surface area contributed by atoms with Crippen molar-refractivity contribution >= 4 is 5.78 Å². The fourth-order valence-electron chi connectivity index (χ4n) is 2.73. The monoisotopic (exact) mass is 201 g/mol. The third-order valence-electron chi connectivity index (χ3n) is 3.89. The number of hydrogen-bond acceptors (Lipinski definition) is 2. The molecule has 0 aromatic rings. The van der Waals surface area contributed by atoms with Crippen molar-refractivity contribution in [1.29, 1.82) is 5.26 Å². The van der Waals surface area contributed by atoms with Crippen LogP contribution in [0.5, 0.6) is 0 Å². The quantitative estimate of drug-likeness (QED) is 0.604. The van der Waals surface area contributed by atoms with Crippen molar-refractivity contribution < 1.29 is 4.79 Å². The summed E-state index contributed by atoms with van der Waals surface area (Å²) in [6.07, 6.45) is 6.30. The maximum atomic E-state index is 11.6. The molecule has 0 radical (unpaired) electrons. The van der Waals surface area contributed by atoms with Gasteiger partial charge in [-0.15, -0.1) is 0 Å². The molecule has 2 nitrogen and oxygen atoms in total. The Morgan fingerprint density at radius 1 is 1.60 bits per heavy atom. The Morgan fingerprint density at radius 2 is 2.33 bits per heavy atom. The molecule has 0 bridgehead atoms. The summed E-state index contributed by atoms with van der Waals surface area (Å²) in [5, 5.41) is 9.16. The number of ketones is 1. The van der Waals surface area contributed by atoms with Gasteiger partial charge >= 0.3 is 0 Å². The average Bonchev–Trinajstić information content (AvgIpc) is 2.24. The molecule has 0 aromatic carbocycles. The minimum absolute atomic E-state index is 0.0283. The number of rotatable bonds is 0. The fourth-order valence-corrected chi connectivity index (χ4v) is 2.73. The van der Waals surface area contributed by atoms with E-state index in [4.69, 9.17) is 5.26 Å². The summed E-state index contributed by atoms with van der Waals surface area (Å²) in [6.45, 7) is 4.01. The summed E-state index contributed by atoms with van der Waals surface area (Å²) in [7, 11) is 0. The van der Waals surface area contributed by atoms with E-state index in [1.807, 2.05) is 19.1 Å². The van der Waals surface area contributed by atoms with E-state index in [2.05, 4.69) is 13.0 Å². The van der Waals surface area contributed by atoms with Crippen molar-refractivity contribution in [3.8, 4) is 6.07 Å². The van der Waals surface area contributed by atoms with Crippen LogP contribution in [0.2, 0.25) is 0 Å². The topological polar surface area (TPSA) is 40.9 Å². The molecule has 0 aliphatic heterocycles. The van der Waals surface area contributed by atoms with Crippen LogP contribution in [0, 0.1) is 22.7 Å². The zero-order valence-electron chi connectivity index (χ0n) is 9.21. The van der Waals surface area contributed by atoms with Gasteiger partial charge in [0.05, 0.1) is 12.0 Å². The van der Waals surface area contributed by atoms with E-state index in [0.717, 1.165) is 24.0 Å². The maximum Gasteiger partial charge on any atom is 0.158 e. The maximum absolute atomic E-state index is 11.6. The molecule has 2 aliphatic carbocycles. The first kappa shape index (κ1) is 10.2. The molecule has 0 fully saturated rings. The molecular formula is C13H15NO. The van der Waals surface area contributed by atoms with Gasteiger partial charge in [0.25, 0.3) is 0 Å². The van der Waals surface area contributed by atoms with Crippen LogP contribution in [-0.4, -0.2) is 5.78 Å². The predicted molar refractivity (Wildman–Crippen MR) is 57.9 cm³/mol. The summed E-state index contributed by atoms with van der Waals surface area (Å²) in [6, 6.07) is 2.38. The number of carbonyl (C=O) groups excluding carboxylic acids is 1. The van der Waals surface area contributed by atoms with Crippen molar-refractivity contribution in [2.24, 2.45) is 11.3 Å². The van der Waals surface area contributed by atoms with Crippen LogP contribution in [0.15, 0.2) is 23.3 Å². The van der Waals surface area contributed by atoms with E-state index >= 15 is 0 Å². The van der Waals surface area contributed by atoms with E-state index < -0.39 is 0 Å². The molecule has 0 aromatic heterocycles. The van der Waals surface area contributed by atoms with Crippen LogP contribution in [0.4, 0.5) is 0 Å². The number of Topliss-reactive ketones (excluding diaryl/α,β-unsaturated/α-hetero) is 1. The molecule has 2 aliphatic rings. The van der Waals surface area contributed by atoms with Crippen LogP contribution in [0.3, 0.4) is 0 Å². The van der Waals surface area contributed by atoms with E-state index in [-0.39, 0.29) is 17.1 Å². The normalized spacial score (nSPS) is 35.0. The Bertz CT molecular complexity index is 411. The van der Waals surface area contributed by atoms with Crippen LogP contribution in [0.25, 0.3) is 0 Å². The average molecular weight is 201 g/mol. The summed E-state index contributed by atoms with van der Waals surface area (Å²) in [4.78, 5) is 11.6. The first-order valence-electron chi connectivity index (χ1n) is 5.40. The highest BCUT2D eigenvalue weighted by molar-refractivity contribution is 5.97. The minimum atomic E-state index is -0.0957. The summed E-state index contributed by atoms with van der Waals surface area (Å²) >= 11 is 0. The second kappa shape index (κ2) is 3.34. The van der Waals surface area contributed by atoms with Gasteiger partial charge < -0.3 is 0 Å². The SMILES string of the molecule is CC1=C2C=CC[C@H](C#N)[C@@]2(C)CCC1=O. The molecule has 15 heavy (non-hydrogen) atoms. The van der Waals surface area contributed by atoms with Gasteiger partial charge in [-0.1, -0.05) is 19.1 Å². The van der Waals surface area contributed by atoms with Gasteiger partial charge in [-0.3, -0.25) is 4.79 Å². The zero-order chi connectivity index (χ0) is 11.1. The van der Waals surface area contributed by atoms with Crippen molar-refractivity contribution in [2.75, 3.05) is 0 Å². The zero-order valence-corrected chi connectivity index (χ0v) is 9.21. The minimum Gasteiger partial charge on any atom is -0.295 e. The summed E-state index contributed by atoms with van der Waals surface area (Å²) < 4.78 is 0. The molecule has 2 heteroatoms. The van der Waals surface area contributed by atoms with Crippen molar-refractivity contribution in [1.82, 2.24) is 0 Å². The predicted octanol–water partition coefficient (Wildman–Crippen LogP) is 2.77. The van der Waals surface area contributed by atoms with Crippen LogP contribution < -0.4 is 0 Å². The molecule has 0 spiro atoms. The van der Waals surface area contributed by atoms with Gasteiger partial charge in [-0.2, -0.15) is 5.26 Å². The summed E-state index contributed by atoms with van der Waals surface area (Å²) in [5.74, 6) is 0.270. The number of nitriles is 1. The number of allylic oxidation sites excluding steroid dienone is 4. The molecule has 2 rings (SSSR count). The van der Waals surface area contributed by atoms with E-state index in [1.165, 1.54) is 0 Å². The van der Waals surface area contributed by atoms with Crippen LogP contribution in [0.1, 0.15) is 33.1 Å². The van der Waals surface area contributed by atoms with Gasteiger partial charge in [0.2, 0.25) is 0 Å². The lowest BCUT2D eigenvalue weighted by Crippen LogP contribution is -2.35. The highest BCUT2D eigenvalue weighted by Crippen LogP contribution is 2.49. The molecule has 0 heterocycles. The number of carbonyl (C=O) groups is 1. The standard InChI is InChI=1S/C13H15NO/c1-9-11-5-3-4-10(8-14)13(11,2)7-6-12(9)15/h3,5,10H,4,6-7H2,1-2H3/t10-,13-/m1/s1. The first-order chi connectivity index (χ1) is 7.09. The molecule has 0 unspecified atom stereocenters. The molecule has 0 saturated carbocycles. The van der Waals surface area contributed by atoms with Crippen molar-refractivity contribution in [3.63, 3.8) is 0 Å². The van der Waals surface area contributed by atoms with Crippen LogP contribution in [-0.2, 0) is 4.79 Å². The van der Waals surface area contributed by atoms with Gasteiger partial charge in [0.1, 0.15) is 0 Å². The van der Waals surface area contributed by atoms with Crippen molar-refractivity contribution in [3.05, 3.63) is 23.3 Å². The Kier molecular flexibility index (Phi) is 2.26. The van der Waals surface area contributed by atoms with E-state index in [1.54, 1.807) is 0 Å². The van der Waals surface area contributed by atoms with Crippen molar-refractivity contribution in [2.45, 2.75) is 33.1 Å². The smallest absolute Gasteiger partial charge is 0.158 e. The summed E-state index contributed by atoms with van der Waals surface area (Å²) in [5.41, 5.74) is 1.86. The first-order valence-corrected chi connectivity index (χ1v) is 5.40. The van der Waals surface area contributed by atoms with Gasteiger partial charge in [0, 0.05) is 11.8 Å². The molecule has 78 valence electrons. The molecule has 2 atom stereocenters. The Balaban J connectivity index is 2.56. The largest absolute Gasteiger partial charge is 0.295 e. The van der Waals surface area contributed by atoms with Gasteiger partial charge in [-0.05, 0) is 30.9 Å². The number of hydrogen-bond donors (Lipinski definition) is 0. The lowest BCUT2D eigenvalue weighted by atomic mass is 9.61. The third-order valence-corrected chi connectivity index (χ3v) is 3.89. The molecule has 0 N–H and O–H groups in total. The second-order valence-electron chi connectivity index (χ2n) is 4.70. The fraction of sp³-hybridized carbons (Fsp3) is 0.538. The number of fused-ring (bicyclic) bond motifs is 1. The highest BCUT2D eigenvalue weighted by Gasteiger charge is 2.42. The third kappa shape index (κ3) is 1.34. The Hall–Kier alpha value is -1.36. The van der Waals surface area contributed by atoms with Crippen LogP contribution >= 0.6 is 0 Å². The Labute approximate surface area is 90.3 Å². The van der Waals surface area contributed by atoms with Gasteiger partial charge in [0.15, 0.2) is 5.78 Å².